The molecule has 0 fully saturated rings. The monoisotopic (exact) mass is 383 g/mol. The average molecular weight is 384 g/mol. The number of halogens is 1. The van der Waals surface area contributed by atoms with Gasteiger partial charge in [-0.3, -0.25) is 14.2 Å². The highest BCUT2D eigenvalue weighted by molar-refractivity contribution is 6.33. The van der Waals surface area contributed by atoms with Gasteiger partial charge in [0, 0.05) is 24.7 Å². The molecule has 0 saturated carbocycles. The van der Waals surface area contributed by atoms with E-state index in [0.717, 1.165) is 11.3 Å². The van der Waals surface area contributed by atoms with Gasteiger partial charge in [-0.1, -0.05) is 23.7 Å². The van der Waals surface area contributed by atoms with Gasteiger partial charge in [-0.25, -0.2) is 4.98 Å². The van der Waals surface area contributed by atoms with Crippen LogP contribution >= 0.6 is 11.6 Å². The molecule has 1 amide bonds. The molecule has 138 valence electrons. The minimum absolute atomic E-state index is 0.192. The second-order valence-corrected chi connectivity index (χ2v) is 6.18. The molecule has 2 aromatic carbocycles. The van der Waals surface area contributed by atoms with E-state index in [4.69, 9.17) is 16.3 Å². The van der Waals surface area contributed by atoms with Crippen LogP contribution in [0.2, 0.25) is 5.02 Å². The van der Waals surface area contributed by atoms with Crippen LogP contribution in [-0.2, 0) is 6.54 Å². The summed E-state index contributed by atoms with van der Waals surface area (Å²) in [5, 5.41) is 3.14. The van der Waals surface area contributed by atoms with Gasteiger partial charge in [0.25, 0.3) is 11.5 Å². The highest BCUT2D eigenvalue weighted by Gasteiger charge is 2.09. The first-order valence-corrected chi connectivity index (χ1v) is 8.70. The van der Waals surface area contributed by atoms with Crippen LogP contribution in [0, 0.1) is 0 Å². The van der Waals surface area contributed by atoms with E-state index in [2.05, 4.69) is 10.3 Å². The molecule has 0 aliphatic rings. The quantitative estimate of drug-likeness (QED) is 0.710. The van der Waals surface area contributed by atoms with Crippen molar-refractivity contribution in [2.45, 2.75) is 6.54 Å². The zero-order chi connectivity index (χ0) is 19.2. The predicted octanol–water partition coefficient (Wildman–Crippen LogP) is 3.00. The normalized spacial score (nSPS) is 10.4. The highest BCUT2D eigenvalue weighted by Crippen LogP contribution is 2.19. The number of nitrogens with zero attached hydrogens (tertiary/aromatic N) is 2. The number of nitrogens with one attached hydrogen (secondary N) is 1. The Labute approximate surface area is 161 Å². The largest absolute Gasteiger partial charge is 0.497 e. The summed E-state index contributed by atoms with van der Waals surface area (Å²) in [7, 11) is 1.60. The van der Waals surface area contributed by atoms with Gasteiger partial charge in [0.1, 0.15) is 5.75 Å². The van der Waals surface area contributed by atoms with Crippen LogP contribution in [-0.4, -0.2) is 29.1 Å². The number of benzene rings is 2. The van der Waals surface area contributed by atoms with Crippen LogP contribution in [0.5, 0.6) is 5.75 Å². The fourth-order valence-corrected chi connectivity index (χ4v) is 2.77. The molecule has 0 bridgehead atoms. The molecule has 0 aliphatic heterocycles. The van der Waals surface area contributed by atoms with Crippen molar-refractivity contribution in [3.05, 3.63) is 81.9 Å². The van der Waals surface area contributed by atoms with Crippen LogP contribution in [0.4, 0.5) is 0 Å². The number of hydrogen-bond donors (Lipinski definition) is 1. The molecule has 0 atom stereocenters. The fraction of sp³-hybridized carbons (Fsp3) is 0.150. The van der Waals surface area contributed by atoms with E-state index in [9.17, 15) is 9.59 Å². The third-order valence-electron chi connectivity index (χ3n) is 4.02. The summed E-state index contributed by atoms with van der Waals surface area (Å²) in [5.41, 5.74) is 1.62. The van der Waals surface area contributed by atoms with E-state index in [-0.39, 0.29) is 18.0 Å². The zero-order valence-corrected chi connectivity index (χ0v) is 15.4. The number of aromatic nitrogens is 2. The third kappa shape index (κ3) is 4.54. The molecular formula is C20H18ClN3O3. The maximum absolute atomic E-state index is 12.3. The number of ether oxygens (including phenoxy) is 1. The maximum Gasteiger partial charge on any atom is 0.253 e. The summed E-state index contributed by atoms with van der Waals surface area (Å²) in [5.74, 6) is 0.456. The van der Waals surface area contributed by atoms with Gasteiger partial charge in [-0.05, 0) is 36.4 Å². The Bertz CT molecular complexity index is 1000. The molecule has 1 heterocycles. The molecule has 0 saturated heterocycles. The number of amides is 1. The molecule has 6 nitrogen and oxygen atoms in total. The van der Waals surface area contributed by atoms with Gasteiger partial charge in [-0.15, -0.1) is 0 Å². The van der Waals surface area contributed by atoms with Crippen LogP contribution in [0.1, 0.15) is 10.4 Å². The maximum atomic E-state index is 12.3. The van der Waals surface area contributed by atoms with E-state index in [0.29, 0.717) is 22.8 Å². The van der Waals surface area contributed by atoms with E-state index in [1.54, 1.807) is 31.4 Å². The highest BCUT2D eigenvalue weighted by atomic mass is 35.5. The van der Waals surface area contributed by atoms with Crippen molar-refractivity contribution in [1.29, 1.82) is 0 Å². The first kappa shape index (κ1) is 18.7. The molecule has 1 aromatic heterocycles. The Morgan fingerprint density at radius 3 is 2.59 bits per heavy atom. The van der Waals surface area contributed by atoms with Gasteiger partial charge >= 0.3 is 0 Å². The van der Waals surface area contributed by atoms with Gasteiger partial charge in [-0.2, -0.15) is 0 Å². The molecule has 0 aliphatic carbocycles. The van der Waals surface area contributed by atoms with E-state index >= 15 is 0 Å². The van der Waals surface area contributed by atoms with Crippen molar-refractivity contribution in [2.24, 2.45) is 0 Å². The third-order valence-corrected chi connectivity index (χ3v) is 4.35. The van der Waals surface area contributed by atoms with E-state index < -0.39 is 0 Å². The van der Waals surface area contributed by atoms with Crippen LogP contribution in [0.25, 0.3) is 11.3 Å². The Kier molecular flexibility index (Phi) is 5.88. The molecular weight excluding hydrogens is 366 g/mol. The Morgan fingerprint density at radius 1 is 1.19 bits per heavy atom. The minimum atomic E-state index is -0.281. The predicted molar refractivity (Wildman–Crippen MR) is 104 cm³/mol. The summed E-state index contributed by atoms with van der Waals surface area (Å²) < 4.78 is 6.57. The van der Waals surface area contributed by atoms with E-state index in [1.807, 2.05) is 24.3 Å². The standard InChI is InChI=1S/C20H18ClN3O3/c1-27-15-8-6-14(7-9-15)18-12-19(25)24(13-23-18)11-10-22-20(26)16-4-2-3-5-17(16)21/h2-9,12-13H,10-11H2,1H3,(H,22,26). The first-order valence-electron chi connectivity index (χ1n) is 8.32. The smallest absolute Gasteiger partial charge is 0.253 e. The van der Waals surface area contributed by atoms with Gasteiger partial charge in [0.2, 0.25) is 0 Å². The van der Waals surface area contributed by atoms with Crippen molar-refractivity contribution < 1.29 is 9.53 Å². The Hall–Kier alpha value is -3.12. The minimum Gasteiger partial charge on any atom is -0.497 e. The lowest BCUT2D eigenvalue weighted by Crippen LogP contribution is -2.31. The summed E-state index contributed by atoms with van der Waals surface area (Å²) in [6, 6.07) is 15.6. The molecule has 1 N–H and O–H groups in total. The Morgan fingerprint density at radius 2 is 1.93 bits per heavy atom. The number of rotatable bonds is 6. The lowest BCUT2D eigenvalue weighted by Gasteiger charge is -2.09. The van der Waals surface area contributed by atoms with Crippen molar-refractivity contribution >= 4 is 17.5 Å². The number of methoxy groups -OCH3 is 1. The molecule has 27 heavy (non-hydrogen) atoms. The number of hydrogen-bond acceptors (Lipinski definition) is 4. The van der Waals surface area contributed by atoms with Gasteiger partial charge in [0.05, 0.1) is 29.7 Å². The van der Waals surface area contributed by atoms with Crippen LogP contribution in [0.3, 0.4) is 0 Å². The number of carbonyl (C=O) groups excluding carboxylic acids is 1. The van der Waals surface area contributed by atoms with Gasteiger partial charge in [0.15, 0.2) is 0 Å². The molecule has 0 radical (unpaired) electrons. The van der Waals surface area contributed by atoms with Crippen molar-refractivity contribution in [1.82, 2.24) is 14.9 Å². The topological polar surface area (TPSA) is 73.2 Å². The first-order chi connectivity index (χ1) is 13.1. The summed E-state index contributed by atoms with van der Waals surface area (Å²) in [6.07, 6.45) is 1.48. The van der Waals surface area contributed by atoms with Crippen molar-refractivity contribution in [3.8, 4) is 17.0 Å². The van der Waals surface area contributed by atoms with Crippen LogP contribution in [0.15, 0.2) is 65.7 Å². The van der Waals surface area contributed by atoms with Crippen LogP contribution < -0.4 is 15.6 Å². The zero-order valence-electron chi connectivity index (χ0n) is 14.7. The van der Waals surface area contributed by atoms with Crippen molar-refractivity contribution in [3.63, 3.8) is 0 Å². The lowest BCUT2D eigenvalue weighted by atomic mass is 10.1. The molecule has 0 unspecified atom stereocenters. The van der Waals surface area contributed by atoms with E-state index in [1.165, 1.54) is 17.0 Å². The summed E-state index contributed by atoms with van der Waals surface area (Å²) in [6.45, 7) is 0.596. The summed E-state index contributed by atoms with van der Waals surface area (Å²) in [4.78, 5) is 28.7. The second-order valence-electron chi connectivity index (χ2n) is 5.77. The molecule has 3 rings (SSSR count). The molecule has 0 spiro atoms. The SMILES string of the molecule is COc1ccc(-c2cc(=O)n(CCNC(=O)c3ccccc3Cl)cn2)cc1. The number of carbonyl (C=O) groups is 1. The van der Waals surface area contributed by atoms with Gasteiger partial charge < -0.3 is 10.1 Å². The lowest BCUT2D eigenvalue weighted by molar-refractivity contribution is 0.0952. The summed E-state index contributed by atoms with van der Waals surface area (Å²) >= 11 is 6.00. The molecule has 3 aromatic rings. The Balaban J connectivity index is 1.63. The second kappa shape index (κ2) is 8.51. The van der Waals surface area contributed by atoms with Crippen molar-refractivity contribution in [2.75, 3.05) is 13.7 Å². The molecule has 7 heteroatoms. The average Bonchev–Trinajstić information content (AvgIpc) is 2.69. The fourth-order valence-electron chi connectivity index (χ4n) is 2.54.